The van der Waals surface area contributed by atoms with Crippen LogP contribution in [0.3, 0.4) is 0 Å². The summed E-state index contributed by atoms with van der Waals surface area (Å²) in [4.78, 5) is 32.8. The lowest BCUT2D eigenvalue weighted by atomic mass is 10.1. The number of rotatable bonds is 4. The molecule has 1 aromatic heterocycles. The van der Waals surface area contributed by atoms with E-state index in [-0.39, 0.29) is 12.1 Å². The summed E-state index contributed by atoms with van der Waals surface area (Å²) >= 11 is 0. The van der Waals surface area contributed by atoms with Gasteiger partial charge in [0.2, 0.25) is 0 Å². The summed E-state index contributed by atoms with van der Waals surface area (Å²) < 4.78 is 4.78. The summed E-state index contributed by atoms with van der Waals surface area (Å²) in [7, 11) is 1.34. The van der Waals surface area contributed by atoms with Crippen molar-refractivity contribution >= 4 is 23.5 Å². The number of hydrogen-bond acceptors (Lipinski definition) is 4. The van der Waals surface area contributed by atoms with Crippen LogP contribution in [0, 0.1) is 6.92 Å². The SMILES string of the molecule is CCc1c(C)ccnc1N1C[C@H](C)N(c2cccc(C(=O)OC)c2)C1=O. The fourth-order valence-electron chi connectivity index (χ4n) is 3.43. The molecule has 0 N–H and O–H groups in total. The van der Waals surface area contributed by atoms with Gasteiger partial charge in [0, 0.05) is 18.4 Å². The minimum absolute atomic E-state index is 0.0394. The van der Waals surface area contributed by atoms with Gasteiger partial charge in [-0.05, 0) is 55.7 Å². The summed E-state index contributed by atoms with van der Waals surface area (Å²) in [5, 5.41) is 0. The molecule has 1 saturated heterocycles. The number of aryl methyl sites for hydroxylation is 1. The van der Waals surface area contributed by atoms with Gasteiger partial charge in [-0.1, -0.05) is 13.0 Å². The number of pyridine rings is 1. The fourth-order valence-corrected chi connectivity index (χ4v) is 3.43. The van der Waals surface area contributed by atoms with Crippen molar-refractivity contribution < 1.29 is 14.3 Å². The monoisotopic (exact) mass is 353 g/mol. The minimum Gasteiger partial charge on any atom is -0.465 e. The predicted octanol–water partition coefficient (Wildman–Crippen LogP) is 3.57. The highest BCUT2D eigenvalue weighted by atomic mass is 16.5. The van der Waals surface area contributed by atoms with Gasteiger partial charge in [0.05, 0.1) is 18.7 Å². The molecule has 6 heteroatoms. The van der Waals surface area contributed by atoms with Crippen LogP contribution in [0.1, 0.15) is 35.3 Å². The largest absolute Gasteiger partial charge is 0.465 e. The normalized spacial score (nSPS) is 16.9. The Kier molecular flexibility index (Phi) is 4.93. The van der Waals surface area contributed by atoms with Gasteiger partial charge >= 0.3 is 12.0 Å². The van der Waals surface area contributed by atoms with E-state index in [4.69, 9.17) is 4.74 Å². The van der Waals surface area contributed by atoms with E-state index in [0.29, 0.717) is 17.8 Å². The van der Waals surface area contributed by atoms with Gasteiger partial charge in [-0.2, -0.15) is 0 Å². The average molecular weight is 353 g/mol. The number of benzene rings is 1. The van der Waals surface area contributed by atoms with E-state index in [9.17, 15) is 9.59 Å². The number of methoxy groups -OCH3 is 1. The van der Waals surface area contributed by atoms with Crippen LogP contribution in [0.25, 0.3) is 0 Å². The lowest BCUT2D eigenvalue weighted by Crippen LogP contribution is -2.34. The molecular weight excluding hydrogens is 330 g/mol. The van der Waals surface area contributed by atoms with Crippen LogP contribution in [0.2, 0.25) is 0 Å². The molecule has 1 atom stereocenters. The Labute approximate surface area is 153 Å². The molecule has 1 aliphatic heterocycles. The van der Waals surface area contributed by atoms with Gasteiger partial charge in [0.25, 0.3) is 0 Å². The standard InChI is InChI=1S/C20H23N3O3/c1-5-17-13(2)9-10-21-18(17)22-12-14(3)23(20(22)25)16-8-6-7-15(11-16)19(24)26-4/h6-11,14H,5,12H2,1-4H3/t14-/m0/s1. The average Bonchev–Trinajstić information content (AvgIpc) is 2.95. The Bertz CT molecular complexity index is 850. The number of esters is 1. The maximum Gasteiger partial charge on any atom is 0.337 e. The first kappa shape index (κ1) is 17.9. The molecular formula is C20H23N3O3. The molecule has 136 valence electrons. The van der Waals surface area contributed by atoms with E-state index >= 15 is 0 Å². The summed E-state index contributed by atoms with van der Waals surface area (Å²) in [6.07, 6.45) is 2.55. The van der Waals surface area contributed by atoms with Crippen molar-refractivity contribution in [2.75, 3.05) is 23.5 Å². The van der Waals surface area contributed by atoms with Crippen molar-refractivity contribution in [3.8, 4) is 0 Å². The second kappa shape index (κ2) is 7.15. The third kappa shape index (κ3) is 3.03. The first-order chi connectivity index (χ1) is 12.5. The lowest BCUT2D eigenvalue weighted by Gasteiger charge is -2.22. The molecule has 0 saturated carbocycles. The van der Waals surface area contributed by atoms with Gasteiger partial charge in [-0.3, -0.25) is 9.80 Å². The second-order valence-corrected chi connectivity index (χ2v) is 6.44. The number of hydrogen-bond donors (Lipinski definition) is 0. The van der Waals surface area contributed by atoms with E-state index in [1.807, 2.05) is 26.0 Å². The number of amides is 2. The van der Waals surface area contributed by atoms with Crippen LogP contribution < -0.4 is 9.80 Å². The Hall–Kier alpha value is -2.89. The molecule has 26 heavy (non-hydrogen) atoms. The molecule has 1 fully saturated rings. The van der Waals surface area contributed by atoms with Crippen molar-refractivity contribution in [3.63, 3.8) is 0 Å². The number of carbonyl (C=O) groups excluding carboxylic acids is 2. The first-order valence-electron chi connectivity index (χ1n) is 8.71. The topological polar surface area (TPSA) is 62.7 Å². The number of anilines is 2. The van der Waals surface area contributed by atoms with E-state index in [0.717, 1.165) is 23.4 Å². The quantitative estimate of drug-likeness (QED) is 0.788. The van der Waals surface area contributed by atoms with Crippen LogP contribution in [0.15, 0.2) is 36.5 Å². The molecule has 2 amide bonds. The molecule has 0 bridgehead atoms. The van der Waals surface area contributed by atoms with Crippen molar-refractivity contribution in [2.24, 2.45) is 0 Å². The first-order valence-corrected chi connectivity index (χ1v) is 8.71. The molecule has 0 spiro atoms. The molecule has 3 rings (SSSR count). The summed E-state index contributed by atoms with van der Waals surface area (Å²) in [5.74, 6) is 0.299. The third-order valence-corrected chi connectivity index (χ3v) is 4.75. The maximum absolute atomic E-state index is 13.1. The van der Waals surface area contributed by atoms with Crippen LogP contribution in [0.5, 0.6) is 0 Å². The molecule has 0 radical (unpaired) electrons. The molecule has 0 aliphatic carbocycles. The Morgan fingerprint density at radius 2 is 2.12 bits per heavy atom. The molecule has 2 heterocycles. The molecule has 2 aromatic rings. The summed E-state index contributed by atoms with van der Waals surface area (Å²) in [6.45, 7) is 6.63. The maximum atomic E-state index is 13.1. The Balaban J connectivity index is 1.97. The number of nitrogens with zero attached hydrogens (tertiary/aromatic N) is 3. The van der Waals surface area contributed by atoms with Gasteiger partial charge < -0.3 is 4.74 Å². The summed E-state index contributed by atoms with van der Waals surface area (Å²) in [5.41, 5.74) is 3.31. The number of aromatic nitrogens is 1. The van der Waals surface area contributed by atoms with Gasteiger partial charge in [-0.25, -0.2) is 14.6 Å². The molecule has 1 aliphatic rings. The number of urea groups is 1. The van der Waals surface area contributed by atoms with Crippen LogP contribution in [0.4, 0.5) is 16.3 Å². The Morgan fingerprint density at radius 1 is 1.35 bits per heavy atom. The molecule has 6 nitrogen and oxygen atoms in total. The van der Waals surface area contributed by atoms with Gasteiger partial charge in [0.15, 0.2) is 0 Å². The zero-order valence-corrected chi connectivity index (χ0v) is 15.5. The smallest absolute Gasteiger partial charge is 0.337 e. The molecule has 0 unspecified atom stereocenters. The molecule has 1 aromatic carbocycles. The van der Waals surface area contributed by atoms with E-state index in [1.165, 1.54) is 7.11 Å². The van der Waals surface area contributed by atoms with Crippen LogP contribution >= 0.6 is 0 Å². The van der Waals surface area contributed by atoms with E-state index in [2.05, 4.69) is 11.9 Å². The number of carbonyl (C=O) groups is 2. The highest BCUT2D eigenvalue weighted by Gasteiger charge is 2.38. The highest BCUT2D eigenvalue weighted by Crippen LogP contribution is 2.31. The van der Waals surface area contributed by atoms with E-state index in [1.54, 1.807) is 34.2 Å². The summed E-state index contributed by atoms with van der Waals surface area (Å²) in [6, 6.07) is 8.74. The van der Waals surface area contributed by atoms with Crippen LogP contribution in [-0.2, 0) is 11.2 Å². The van der Waals surface area contributed by atoms with E-state index < -0.39 is 5.97 Å². The van der Waals surface area contributed by atoms with Crippen molar-refractivity contribution in [1.29, 1.82) is 0 Å². The Morgan fingerprint density at radius 3 is 2.81 bits per heavy atom. The fraction of sp³-hybridized carbons (Fsp3) is 0.350. The van der Waals surface area contributed by atoms with Crippen molar-refractivity contribution in [1.82, 2.24) is 4.98 Å². The van der Waals surface area contributed by atoms with Gasteiger partial charge in [0.1, 0.15) is 5.82 Å². The predicted molar refractivity (Wildman–Crippen MR) is 101 cm³/mol. The van der Waals surface area contributed by atoms with Crippen molar-refractivity contribution in [2.45, 2.75) is 33.2 Å². The second-order valence-electron chi connectivity index (χ2n) is 6.44. The highest BCUT2D eigenvalue weighted by molar-refractivity contribution is 6.07. The number of ether oxygens (including phenoxy) is 1. The lowest BCUT2D eigenvalue weighted by molar-refractivity contribution is 0.0600. The zero-order chi connectivity index (χ0) is 18.8. The van der Waals surface area contributed by atoms with Crippen molar-refractivity contribution in [3.05, 3.63) is 53.2 Å². The third-order valence-electron chi connectivity index (χ3n) is 4.75. The minimum atomic E-state index is -0.420. The van der Waals surface area contributed by atoms with Gasteiger partial charge in [-0.15, -0.1) is 0 Å². The zero-order valence-electron chi connectivity index (χ0n) is 15.5. The van der Waals surface area contributed by atoms with Crippen LogP contribution in [-0.4, -0.2) is 36.7 Å².